The zero-order valence-corrected chi connectivity index (χ0v) is 59.6. The number of aromatic nitrogens is 1. The van der Waals surface area contributed by atoms with Crippen LogP contribution in [-0.2, 0) is 64.7 Å². The Hall–Kier alpha value is -7.43. The number of esters is 4. The Morgan fingerprint density at radius 3 is 1.53 bits per heavy atom. The molecule has 5 aromatic carbocycles. The van der Waals surface area contributed by atoms with Gasteiger partial charge in [0.05, 0.1) is 49.4 Å². The zero-order valence-electron chi connectivity index (χ0n) is 58.0. The Labute approximate surface area is 576 Å². The number of benzene rings is 5. The van der Waals surface area contributed by atoms with Gasteiger partial charge in [-0.25, -0.2) is 21.6 Å². The summed E-state index contributed by atoms with van der Waals surface area (Å²) in [6.07, 6.45) is 1.83. The zero-order chi connectivity index (χ0) is 72.7. The summed E-state index contributed by atoms with van der Waals surface area (Å²) in [6.45, 7) is 25.7. The van der Waals surface area contributed by atoms with Gasteiger partial charge < -0.3 is 33.3 Å². The molecule has 2 bridgehead atoms. The lowest BCUT2D eigenvalue weighted by Crippen LogP contribution is -2.47. The number of ether oxygens (including phenoxy) is 5. The van der Waals surface area contributed by atoms with Crippen LogP contribution in [0.4, 0.5) is 26.3 Å². The van der Waals surface area contributed by atoms with Gasteiger partial charge in [-0.1, -0.05) is 65.8 Å². The van der Waals surface area contributed by atoms with Gasteiger partial charge in [-0.2, -0.15) is 13.2 Å². The van der Waals surface area contributed by atoms with Crippen molar-refractivity contribution in [1.82, 2.24) is 4.98 Å². The maximum absolute atomic E-state index is 13.2. The molecule has 534 valence electrons. The minimum Gasteiger partial charge on any atom is -0.748 e. The van der Waals surface area contributed by atoms with Gasteiger partial charge >= 0.3 is 30.1 Å². The molecule has 3 saturated carbocycles. The van der Waals surface area contributed by atoms with Gasteiger partial charge in [-0.15, -0.1) is 0 Å². The Kier molecular flexibility index (Phi) is 27.7. The standard InChI is InChI=1S/C18H23F3O9S.C18H12F3S.C16H24O.C14H21NO2.C10H14O/c1-4-17(2,3)16(24)30-13-8-5-7-11(15(23)29-12(7)13)10(8)14(22)28-9(18(19,20)21)6-31(25,26)27;19-13-1-7-16(8-2-13)22(17-9-3-14(20)4-10-17)18-11-5-15(21)6-12-18;1-4-13(2)14-7-9-15(10-8-14)17-16(3)11-5-6-12-16;1-6-13(2,3)12(16)17-14(4,5)11-7-9-15-10-8-11;1-3-8(2)9-4-6-10(11)7-5-9/h7-13H,4-6H2,1-3H3,(H,25,26,27);1-12H;7-10,13H,4-6,11-12H2,1-3H3;7-10H,6H2,1-5H3;4-8,11H,3H2,1-2H3/q;+1;;;/p-1. The first kappa shape index (κ1) is 79.6. The fourth-order valence-electron chi connectivity index (χ4n) is 11.6. The van der Waals surface area contributed by atoms with Crippen LogP contribution in [0.3, 0.4) is 0 Å². The number of rotatable bonds is 20. The highest BCUT2D eigenvalue weighted by Crippen LogP contribution is 2.59. The van der Waals surface area contributed by atoms with Gasteiger partial charge in [0, 0.05) is 24.2 Å². The van der Waals surface area contributed by atoms with Crippen molar-refractivity contribution in [3.8, 4) is 11.5 Å². The number of phenolic OH excluding ortho intramolecular Hbond substituents is 1. The predicted octanol–water partition coefficient (Wildman–Crippen LogP) is 17.5. The largest absolute Gasteiger partial charge is 0.748 e. The van der Waals surface area contributed by atoms with Crippen LogP contribution in [0.2, 0.25) is 0 Å². The summed E-state index contributed by atoms with van der Waals surface area (Å²) in [6, 6.07) is 38.4. The lowest BCUT2D eigenvalue weighted by molar-refractivity contribution is -0.220. The second kappa shape index (κ2) is 34.1. The third-order valence-corrected chi connectivity index (χ3v) is 21.9. The number of halogens is 6. The van der Waals surface area contributed by atoms with Gasteiger partial charge in [0.15, 0.2) is 14.7 Å². The number of aromatic hydroxyl groups is 1. The summed E-state index contributed by atoms with van der Waals surface area (Å²) in [5, 5.41) is 9.01. The number of phenols is 1. The topological polar surface area (TPSA) is 205 Å². The van der Waals surface area contributed by atoms with E-state index >= 15 is 0 Å². The summed E-state index contributed by atoms with van der Waals surface area (Å²) in [4.78, 5) is 56.1. The molecule has 0 spiro atoms. The lowest BCUT2D eigenvalue weighted by Gasteiger charge is -2.33. The molecule has 22 heteroatoms. The van der Waals surface area contributed by atoms with Gasteiger partial charge in [-0.05, 0) is 244 Å². The molecular formula is C76H93F6NO13S2. The second-order valence-corrected chi connectivity index (χ2v) is 30.9. The molecule has 1 aromatic heterocycles. The Balaban J connectivity index is 0.000000201. The highest BCUT2D eigenvalue weighted by molar-refractivity contribution is 7.97. The van der Waals surface area contributed by atoms with Crippen molar-refractivity contribution in [2.45, 2.75) is 210 Å². The molecule has 10 rings (SSSR count). The van der Waals surface area contributed by atoms with E-state index in [0.717, 1.165) is 38.8 Å². The number of hydrogen-bond donors (Lipinski definition) is 1. The van der Waals surface area contributed by atoms with E-state index in [1.54, 1.807) is 81.7 Å². The number of carbonyl (C=O) groups is 4. The fraction of sp³-hybridized carbons (Fsp3) is 0.487. The summed E-state index contributed by atoms with van der Waals surface area (Å²) < 4.78 is 138. The SMILES string of the molecule is CCC(C)(C)C(=O)OC(C)(C)c1ccncc1.CCC(C)(C)C(=O)OC1C2CC3C1OC(=O)C3C2C(=O)OC(CS(=O)(=O)[O-])C(F)(F)F.CCC(C)c1ccc(O)cc1.CCC(C)c1ccc(OC2(C)CCCC2)cc1.Fc1ccc([S+](c2ccc(F)cc2)c2ccc(F)cc2)cc1. The van der Waals surface area contributed by atoms with Crippen molar-refractivity contribution in [2.24, 2.45) is 34.5 Å². The Bertz CT molecular complexity index is 3560. The molecule has 9 atom stereocenters. The van der Waals surface area contributed by atoms with Gasteiger partial charge in [0.2, 0.25) is 6.10 Å². The van der Waals surface area contributed by atoms with Crippen molar-refractivity contribution in [2.75, 3.05) is 5.75 Å². The van der Waals surface area contributed by atoms with Crippen molar-refractivity contribution in [3.63, 3.8) is 0 Å². The van der Waals surface area contributed by atoms with Crippen molar-refractivity contribution < 1.29 is 87.3 Å². The number of hydrogen-bond acceptors (Lipinski definition) is 14. The molecule has 3 aliphatic carbocycles. The molecular weight excluding hydrogens is 1310 g/mol. The normalized spacial score (nSPS) is 20.0. The van der Waals surface area contributed by atoms with Crippen LogP contribution in [0.1, 0.15) is 176 Å². The quantitative estimate of drug-likeness (QED) is 0.0248. The van der Waals surface area contributed by atoms with Gasteiger partial charge in [0.1, 0.15) is 52.4 Å². The molecule has 9 unspecified atom stereocenters. The third-order valence-electron chi connectivity index (χ3n) is 18.9. The van der Waals surface area contributed by atoms with Gasteiger partial charge in [0.25, 0.3) is 0 Å². The third kappa shape index (κ3) is 21.8. The van der Waals surface area contributed by atoms with Crippen molar-refractivity contribution in [3.05, 3.63) is 180 Å². The molecule has 1 aliphatic heterocycles. The predicted molar refractivity (Wildman–Crippen MR) is 361 cm³/mol. The average Bonchev–Trinajstić information content (AvgIpc) is 1.55. The summed E-state index contributed by atoms with van der Waals surface area (Å²) in [5.41, 5.74) is 1.81. The molecule has 98 heavy (non-hydrogen) atoms. The average molecular weight is 1410 g/mol. The smallest absolute Gasteiger partial charge is 0.426 e. The van der Waals surface area contributed by atoms with Crippen LogP contribution < -0.4 is 4.74 Å². The molecule has 4 fully saturated rings. The van der Waals surface area contributed by atoms with Crippen molar-refractivity contribution in [1.29, 1.82) is 0 Å². The van der Waals surface area contributed by atoms with Crippen LogP contribution in [0.15, 0.2) is 161 Å². The van der Waals surface area contributed by atoms with Crippen molar-refractivity contribution >= 4 is 44.9 Å². The molecule has 0 amide bonds. The molecule has 0 radical (unpaired) electrons. The van der Waals surface area contributed by atoms with E-state index in [2.05, 4.69) is 68.6 Å². The molecule has 14 nitrogen and oxygen atoms in total. The summed E-state index contributed by atoms with van der Waals surface area (Å²) in [5.74, 6) is -7.22. The number of pyridine rings is 1. The van der Waals surface area contributed by atoms with E-state index in [9.17, 15) is 58.5 Å². The van der Waals surface area contributed by atoms with Crippen LogP contribution in [0, 0.1) is 52.0 Å². The number of carbonyl (C=O) groups excluding carboxylic acids is 4. The monoisotopic (exact) mass is 1410 g/mol. The minimum atomic E-state index is -5.36. The summed E-state index contributed by atoms with van der Waals surface area (Å²) in [7, 11) is -5.90. The molecule has 2 heterocycles. The van der Waals surface area contributed by atoms with Crippen LogP contribution in [0.5, 0.6) is 11.5 Å². The van der Waals surface area contributed by atoms with E-state index in [4.69, 9.17) is 24.1 Å². The first-order valence-corrected chi connectivity index (χ1v) is 36.0. The lowest BCUT2D eigenvalue weighted by atomic mass is 9.78. The first-order valence-electron chi connectivity index (χ1n) is 33.2. The first-order chi connectivity index (χ1) is 45.9. The summed E-state index contributed by atoms with van der Waals surface area (Å²) >= 11 is 0. The van der Waals surface area contributed by atoms with E-state index in [0.29, 0.717) is 24.0 Å². The Morgan fingerprint density at radius 2 is 1.11 bits per heavy atom. The highest BCUT2D eigenvalue weighted by Gasteiger charge is 2.71. The van der Waals surface area contributed by atoms with E-state index in [-0.39, 0.29) is 35.4 Å². The van der Waals surface area contributed by atoms with E-state index in [1.807, 2.05) is 58.9 Å². The van der Waals surface area contributed by atoms with E-state index < -0.39 is 109 Å². The fourth-order valence-corrected chi connectivity index (χ4v) is 14.3. The molecule has 4 aliphatic rings. The van der Waals surface area contributed by atoms with Crippen LogP contribution in [0.25, 0.3) is 0 Å². The molecule has 1 saturated heterocycles. The Morgan fingerprint density at radius 1 is 0.673 bits per heavy atom. The number of nitrogens with zero attached hydrogens (tertiary/aromatic N) is 1. The van der Waals surface area contributed by atoms with Crippen LogP contribution in [-0.4, -0.2) is 82.8 Å². The van der Waals surface area contributed by atoms with Gasteiger partial charge in [-0.3, -0.25) is 24.2 Å². The van der Waals surface area contributed by atoms with Crippen LogP contribution >= 0.6 is 0 Å². The molecule has 6 aromatic rings. The number of fused-ring (bicyclic) bond motifs is 1. The minimum absolute atomic E-state index is 0.0812. The second-order valence-electron chi connectivity index (χ2n) is 27.4. The maximum Gasteiger partial charge on any atom is 0.426 e. The molecule has 1 N–H and O–H groups in total. The number of alkyl halides is 3. The highest BCUT2D eigenvalue weighted by atomic mass is 32.2. The van der Waals surface area contributed by atoms with E-state index in [1.165, 1.54) is 79.6 Å². The maximum atomic E-state index is 13.2.